The molecule has 0 amide bonds. The van der Waals surface area contributed by atoms with E-state index in [1.54, 1.807) is 72.8 Å². The van der Waals surface area contributed by atoms with Crippen molar-refractivity contribution in [2.75, 3.05) is 0 Å². The van der Waals surface area contributed by atoms with Crippen molar-refractivity contribution in [2.24, 2.45) is 0 Å². The maximum absolute atomic E-state index is 14.3. The van der Waals surface area contributed by atoms with Crippen LogP contribution in [0.25, 0.3) is 0 Å². The summed E-state index contributed by atoms with van der Waals surface area (Å²) in [6.07, 6.45) is 0. The van der Waals surface area contributed by atoms with Gasteiger partial charge in [-0.15, -0.1) is 0 Å². The zero-order chi connectivity index (χ0) is 33.1. The third-order valence-electron chi connectivity index (χ3n) is 7.55. The minimum atomic E-state index is -6.51. The molecule has 0 bridgehead atoms. The SMILES string of the molecule is Cc1cc[c]([Sb]([O][N+](=O)c2cccc(C(=O)[O-])c2)([O][N+](=O)c2cccc(C(=O)[O-])c2)([c]2ccc(C)cc2)[c]2ccc(C)cc2)cc1. The molecule has 10 nitrogen and oxygen atoms in total. The molecule has 232 valence electrons. The van der Waals surface area contributed by atoms with Crippen molar-refractivity contribution in [3.63, 3.8) is 0 Å². The molecule has 0 saturated carbocycles. The van der Waals surface area contributed by atoms with Crippen molar-refractivity contribution in [1.82, 2.24) is 0 Å². The van der Waals surface area contributed by atoms with Gasteiger partial charge in [-0.25, -0.2) is 0 Å². The van der Waals surface area contributed by atoms with Crippen molar-refractivity contribution in [3.05, 3.63) is 159 Å². The summed E-state index contributed by atoms with van der Waals surface area (Å²) in [7, 11) is 0. The minimum absolute atomic E-state index is 0.166. The van der Waals surface area contributed by atoms with Crippen LogP contribution < -0.4 is 20.7 Å². The second-order valence-corrected chi connectivity index (χ2v) is 21.6. The molecule has 0 heterocycles. The number of carboxylic acid groups (broad SMARTS) is 2. The van der Waals surface area contributed by atoms with E-state index in [2.05, 4.69) is 0 Å². The number of carbonyl (C=O) groups excluding carboxylic acids is 2. The molecule has 0 radical (unpaired) electrons. The summed E-state index contributed by atoms with van der Waals surface area (Å²) < 4.78 is 14.5. The van der Waals surface area contributed by atoms with E-state index in [0.29, 0.717) is 10.5 Å². The second kappa shape index (κ2) is 12.6. The first-order valence-corrected chi connectivity index (χ1v) is 20.1. The zero-order valence-electron chi connectivity index (χ0n) is 25.2. The van der Waals surface area contributed by atoms with E-state index in [-0.39, 0.29) is 32.3 Å². The zero-order valence-corrected chi connectivity index (χ0v) is 27.7. The molecule has 0 fully saturated rings. The van der Waals surface area contributed by atoms with Gasteiger partial charge in [-0.1, -0.05) is 0 Å². The van der Waals surface area contributed by atoms with Crippen LogP contribution in [0.5, 0.6) is 0 Å². The molecular formula is C35H29N2O8Sb. The number of benzene rings is 5. The van der Waals surface area contributed by atoms with Crippen LogP contribution in [0, 0.1) is 30.6 Å². The van der Waals surface area contributed by atoms with E-state index < -0.39 is 30.2 Å². The average molecular weight is 727 g/mol. The van der Waals surface area contributed by atoms with Crippen LogP contribution in [-0.4, -0.2) is 40.0 Å². The van der Waals surface area contributed by atoms with Crippen molar-refractivity contribution < 1.29 is 35.9 Å². The summed E-state index contributed by atoms with van der Waals surface area (Å²) in [5.74, 6) is -2.99. The van der Waals surface area contributed by atoms with Gasteiger partial charge < -0.3 is 0 Å². The van der Waals surface area contributed by atoms with Gasteiger partial charge in [0.05, 0.1) is 0 Å². The van der Waals surface area contributed by atoms with Gasteiger partial charge in [-0.2, -0.15) is 0 Å². The molecule has 46 heavy (non-hydrogen) atoms. The number of hydrogen-bond donors (Lipinski definition) is 0. The molecule has 0 atom stereocenters. The predicted molar refractivity (Wildman–Crippen MR) is 168 cm³/mol. The summed E-state index contributed by atoms with van der Waals surface area (Å²) in [6.45, 7) is 5.63. The fourth-order valence-electron chi connectivity index (χ4n) is 5.06. The number of aromatic carboxylic acids is 2. The average Bonchev–Trinajstić information content (AvgIpc) is 3.05. The van der Waals surface area contributed by atoms with E-state index >= 15 is 0 Å². The first-order chi connectivity index (χ1) is 21.9. The molecule has 0 aliphatic rings. The number of hydrogen-bond acceptors (Lipinski definition) is 8. The van der Waals surface area contributed by atoms with E-state index in [1.165, 1.54) is 36.4 Å². The van der Waals surface area contributed by atoms with Crippen LogP contribution in [0.1, 0.15) is 37.4 Å². The molecule has 0 aromatic heterocycles. The first kappa shape index (κ1) is 32.1. The maximum atomic E-state index is 14.3. The van der Waals surface area contributed by atoms with E-state index in [1.807, 2.05) is 20.8 Å². The molecule has 0 aliphatic heterocycles. The molecule has 11 heteroatoms. The van der Waals surface area contributed by atoms with Crippen LogP contribution in [0.15, 0.2) is 121 Å². The topological polar surface area (TPSA) is 139 Å². The number of aryl methyl sites for hydroxylation is 3. The van der Waals surface area contributed by atoms with E-state index in [0.717, 1.165) is 28.8 Å². The van der Waals surface area contributed by atoms with Crippen molar-refractivity contribution in [1.29, 1.82) is 0 Å². The Labute approximate surface area is 266 Å². The Balaban J connectivity index is 1.90. The van der Waals surface area contributed by atoms with Crippen molar-refractivity contribution in [2.45, 2.75) is 20.8 Å². The Hall–Kier alpha value is -5.34. The summed E-state index contributed by atoms with van der Waals surface area (Å²) in [5.41, 5.74) is 1.74. The Bertz CT molecular complexity index is 1780. The van der Waals surface area contributed by atoms with Crippen LogP contribution in [0.2, 0.25) is 0 Å². The molecule has 0 saturated heterocycles. The van der Waals surface area contributed by atoms with Gasteiger partial charge in [-0.05, 0) is 0 Å². The van der Waals surface area contributed by atoms with Gasteiger partial charge in [0.25, 0.3) is 0 Å². The quantitative estimate of drug-likeness (QED) is 0.150. The van der Waals surface area contributed by atoms with Crippen LogP contribution in [0.3, 0.4) is 0 Å². The molecule has 0 aliphatic carbocycles. The predicted octanol–water partition coefficient (Wildman–Crippen LogP) is 2.84. The van der Waals surface area contributed by atoms with Gasteiger partial charge >= 0.3 is 268 Å². The normalized spacial score (nSPS) is 11.9. The Kier molecular flexibility index (Phi) is 8.76. The first-order valence-electron chi connectivity index (χ1n) is 14.1. The summed E-state index contributed by atoms with van der Waals surface area (Å²) in [4.78, 5) is 52.2. The molecule has 5 rings (SSSR count). The molecule has 0 unspecified atom stereocenters. The molecule has 0 spiro atoms. The third-order valence-corrected chi connectivity index (χ3v) is 20.8. The van der Waals surface area contributed by atoms with Crippen LogP contribution in [0.4, 0.5) is 11.4 Å². The van der Waals surface area contributed by atoms with E-state index in [4.69, 9.17) is 6.23 Å². The number of rotatable bonds is 11. The Morgan fingerprint density at radius 2 is 0.826 bits per heavy atom. The fourth-order valence-corrected chi connectivity index (χ4v) is 17.4. The van der Waals surface area contributed by atoms with Crippen LogP contribution >= 0.6 is 0 Å². The standard InChI is InChI=1S/2C7H5NO4.3C7H7.Sb/c2*9-7(10)5-2-1-3-6(4-5)8(11)12;3*1-7-5-3-2-4-6-7;/h2*1-4H,(H,9,10);3*3-6H,1H3;/q;;;;;+2/p-2. The van der Waals surface area contributed by atoms with Crippen LogP contribution in [-0.2, 0) is 6.23 Å². The third kappa shape index (κ3) is 5.87. The molecular weight excluding hydrogens is 698 g/mol. The van der Waals surface area contributed by atoms with Gasteiger partial charge in [-0.3, -0.25) is 0 Å². The fraction of sp³-hybridized carbons (Fsp3) is 0.0857. The summed E-state index contributed by atoms with van der Waals surface area (Å²) in [5, 5.41) is 23.4. The van der Waals surface area contributed by atoms with Crippen molar-refractivity contribution in [3.8, 4) is 0 Å². The van der Waals surface area contributed by atoms with Gasteiger partial charge in [0.15, 0.2) is 0 Å². The number of nitrogens with zero attached hydrogens (tertiary/aromatic N) is 2. The Morgan fingerprint density at radius 1 is 0.522 bits per heavy atom. The van der Waals surface area contributed by atoms with Gasteiger partial charge in [0.2, 0.25) is 0 Å². The molecule has 0 N–H and O–H groups in total. The number of carbonyl (C=O) groups is 2. The monoisotopic (exact) mass is 726 g/mol. The van der Waals surface area contributed by atoms with Gasteiger partial charge in [0, 0.05) is 0 Å². The second-order valence-electron chi connectivity index (χ2n) is 10.8. The number of carboxylic acids is 2. The Morgan fingerprint density at radius 3 is 1.11 bits per heavy atom. The summed E-state index contributed by atoms with van der Waals surface area (Å²) >= 11 is -6.51. The van der Waals surface area contributed by atoms with Gasteiger partial charge in [0.1, 0.15) is 0 Å². The molecule has 5 aromatic rings. The summed E-state index contributed by atoms with van der Waals surface area (Å²) in [6, 6.07) is 31.4. The van der Waals surface area contributed by atoms with E-state index in [9.17, 15) is 29.6 Å². The molecule has 5 aromatic carbocycles. The van der Waals surface area contributed by atoms with Crippen molar-refractivity contribution >= 4 is 52.1 Å².